The molecule has 2 N–H and O–H groups in total. The molecular weight excluding hydrogens is 325 g/mol. The molecule has 118 valence electrons. The molecule has 5 nitrogen and oxygen atoms in total. The molecule has 2 fully saturated rings. The lowest BCUT2D eigenvalue weighted by atomic mass is 10.1. The second-order valence-corrected chi connectivity index (χ2v) is 6.58. The highest BCUT2D eigenvalue weighted by Crippen LogP contribution is 2.31. The molecule has 2 aliphatic rings. The fraction of sp³-hybridized carbons (Fsp3) is 0.467. The normalized spacial score (nSPS) is 24.5. The van der Waals surface area contributed by atoms with E-state index in [9.17, 15) is 9.59 Å². The molecule has 2 aliphatic heterocycles. The topological polar surface area (TPSA) is 61.4 Å². The first-order chi connectivity index (χ1) is 10.5. The maximum Gasteiger partial charge on any atom is 0.225 e. The molecular formula is C15H17Cl2N3O2. The average Bonchev–Trinajstić information content (AvgIpc) is 3.08. The predicted molar refractivity (Wildman–Crippen MR) is 86.3 cm³/mol. The van der Waals surface area contributed by atoms with Crippen molar-refractivity contribution >= 4 is 40.7 Å². The molecule has 2 amide bonds. The number of carbonyl (C=O) groups is 2. The summed E-state index contributed by atoms with van der Waals surface area (Å²) in [5.41, 5.74) is 0.931. The molecule has 0 aliphatic carbocycles. The SMILES string of the molecule is O=C1C[C@H](C(=O)N[C@H]2CCN(c3ccc(Cl)cc3Cl)C2)CN1. The summed E-state index contributed by atoms with van der Waals surface area (Å²) in [5, 5.41) is 6.94. The van der Waals surface area contributed by atoms with Crippen molar-refractivity contribution < 1.29 is 9.59 Å². The minimum absolute atomic E-state index is 0.0487. The van der Waals surface area contributed by atoms with Gasteiger partial charge in [-0.3, -0.25) is 9.59 Å². The molecule has 1 aromatic carbocycles. The first-order valence-electron chi connectivity index (χ1n) is 7.30. The number of halogens is 2. The van der Waals surface area contributed by atoms with Gasteiger partial charge in [-0.05, 0) is 24.6 Å². The van der Waals surface area contributed by atoms with Crippen LogP contribution in [0.3, 0.4) is 0 Å². The van der Waals surface area contributed by atoms with E-state index in [4.69, 9.17) is 23.2 Å². The lowest BCUT2D eigenvalue weighted by molar-refractivity contribution is -0.127. The standard InChI is InChI=1S/C15H17Cl2N3O2/c16-10-1-2-13(12(17)6-10)20-4-3-11(8-20)19-15(22)9-5-14(21)18-7-9/h1-2,6,9,11H,3-5,7-8H2,(H,18,21)(H,19,22)/t9-,11-/m0/s1. The second-order valence-electron chi connectivity index (χ2n) is 5.74. The summed E-state index contributed by atoms with van der Waals surface area (Å²) < 4.78 is 0. The number of anilines is 1. The van der Waals surface area contributed by atoms with Gasteiger partial charge in [0.25, 0.3) is 0 Å². The zero-order valence-electron chi connectivity index (χ0n) is 11.9. The Kier molecular flexibility index (Phi) is 4.45. The van der Waals surface area contributed by atoms with Gasteiger partial charge in [-0.2, -0.15) is 0 Å². The van der Waals surface area contributed by atoms with Gasteiger partial charge in [-0.15, -0.1) is 0 Å². The van der Waals surface area contributed by atoms with Crippen LogP contribution >= 0.6 is 23.2 Å². The number of nitrogens with one attached hydrogen (secondary N) is 2. The van der Waals surface area contributed by atoms with E-state index in [1.54, 1.807) is 6.07 Å². The van der Waals surface area contributed by atoms with Crippen molar-refractivity contribution in [2.75, 3.05) is 24.5 Å². The molecule has 2 saturated heterocycles. The van der Waals surface area contributed by atoms with Gasteiger partial charge in [0.2, 0.25) is 11.8 Å². The molecule has 2 atom stereocenters. The first-order valence-corrected chi connectivity index (χ1v) is 8.05. The quantitative estimate of drug-likeness (QED) is 0.881. The Morgan fingerprint density at radius 3 is 2.86 bits per heavy atom. The smallest absolute Gasteiger partial charge is 0.225 e. The van der Waals surface area contributed by atoms with E-state index in [-0.39, 0.29) is 30.2 Å². The van der Waals surface area contributed by atoms with Crippen molar-refractivity contribution in [3.05, 3.63) is 28.2 Å². The Labute approximate surface area is 138 Å². The maximum absolute atomic E-state index is 12.1. The van der Waals surface area contributed by atoms with Gasteiger partial charge in [-0.1, -0.05) is 23.2 Å². The van der Waals surface area contributed by atoms with Crippen molar-refractivity contribution in [2.24, 2.45) is 5.92 Å². The molecule has 22 heavy (non-hydrogen) atoms. The molecule has 0 spiro atoms. The highest BCUT2D eigenvalue weighted by Gasteiger charge is 2.31. The largest absolute Gasteiger partial charge is 0.368 e. The number of benzene rings is 1. The van der Waals surface area contributed by atoms with E-state index in [0.29, 0.717) is 23.1 Å². The van der Waals surface area contributed by atoms with Gasteiger partial charge >= 0.3 is 0 Å². The monoisotopic (exact) mass is 341 g/mol. The van der Waals surface area contributed by atoms with Gasteiger partial charge < -0.3 is 15.5 Å². The van der Waals surface area contributed by atoms with Gasteiger partial charge in [0, 0.05) is 37.1 Å². The maximum atomic E-state index is 12.1. The Morgan fingerprint density at radius 2 is 2.18 bits per heavy atom. The third-order valence-corrected chi connectivity index (χ3v) is 4.67. The average molecular weight is 342 g/mol. The molecule has 2 heterocycles. The summed E-state index contributed by atoms with van der Waals surface area (Å²) >= 11 is 12.1. The van der Waals surface area contributed by atoms with Crippen LogP contribution in [0, 0.1) is 5.92 Å². The minimum Gasteiger partial charge on any atom is -0.368 e. The van der Waals surface area contributed by atoms with E-state index in [2.05, 4.69) is 15.5 Å². The fourth-order valence-electron chi connectivity index (χ4n) is 2.94. The van der Waals surface area contributed by atoms with Gasteiger partial charge in [0.1, 0.15) is 0 Å². The first kappa shape index (κ1) is 15.4. The lowest BCUT2D eigenvalue weighted by Gasteiger charge is -2.21. The molecule has 0 aromatic heterocycles. The molecule has 3 rings (SSSR count). The number of amides is 2. The number of carbonyl (C=O) groups excluding carboxylic acids is 2. The summed E-state index contributed by atoms with van der Waals surface area (Å²) in [7, 11) is 0. The van der Waals surface area contributed by atoms with Crippen molar-refractivity contribution in [2.45, 2.75) is 18.9 Å². The third kappa shape index (κ3) is 3.31. The van der Waals surface area contributed by atoms with Crippen molar-refractivity contribution in [3.63, 3.8) is 0 Å². The molecule has 7 heteroatoms. The number of hydrogen-bond donors (Lipinski definition) is 2. The zero-order chi connectivity index (χ0) is 15.7. The van der Waals surface area contributed by atoms with Crippen LogP contribution in [-0.2, 0) is 9.59 Å². The summed E-state index contributed by atoms with van der Waals surface area (Å²) in [5.74, 6) is -0.353. The fourth-order valence-corrected chi connectivity index (χ4v) is 3.47. The summed E-state index contributed by atoms with van der Waals surface area (Å²) in [6.45, 7) is 1.97. The minimum atomic E-state index is -0.249. The highest BCUT2D eigenvalue weighted by molar-refractivity contribution is 6.36. The van der Waals surface area contributed by atoms with E-state index in [1.165, 1.54) is 0 Å². The van der Waals surface area contributed by atoms with Crippen LogP contribution in [0.15, 0.2) is 18.2 Å². The molecule has 1 aromatic rings. The third-order valence-electron chi connectivity index (χ3n) is 4.13. The van der Waals surface area contributed by atoms with Crippen molar-refractivity contribution in [1.29, 1.82) is 0 Å². The van der Waals surface area contributed by atoms with Crippen LogP contribution < -0.4 is 15.5 Å². The Morgan fingerprint density at radius 1 is 1.36 bits per heavy atom. The van der Waals surface area contributed by atoms with E-state index >= 15 is 0 Å². The Bertz CT molecular complexity index is 608. The van der Waals surface area contributed by atoms with E-state index in [0.717, 1.165) is 18.7 Å². The van der Waals surface area contributed by atoms with Crippen LogP contribution in [0.2, 0.25) is 10.0 Å². The van der Waals surface area contributed by atoms with E-state index in [1.807, 2.05) is 12.1 Å². The molecule has 0 unspecified atom stereocenters. The zero-order valence-corrected chi connectivity index (χ0v) is 13.5. The van der Waals surface area contributed by atoms with Crippen molar-refractivity contribution in [1.82, 2.24) is 10.6 Å². The van der Waals surface area contributed by atoms with Crippen molar-refractivity contribution in [3.8, 4) is 0 Å². The molecule has 0 bridgehead atoms. The Balaban J connectivity index is 1.58. The molecule has 0 radical (unpaired) electrons. The van der Waals surface area contributed by atoms with Crippen LogP contribution in [0.5, 0.6) is 0 Å². The van der Waals surface area contributed by atoms with Crippen LogP contribution in [0.1, 0.15) is 12.8 Å². The predicted octanol–water partition coefficient (Wildman–Crippen LogP) is 1.82. The summed E-state index contributed by atoms with van der Waals surface area (Å²) in [6.07, 6.45) is 1.14. The Hall–Kier alpha value is -1.46. The number of nitrogens with zero attached hydrogens (tertiary/aromatic N) is 1. The molecule has 0 saturated carbocycles. The van der Waals surface area contributed by atoms with Crippen LogP contribution in [0.4, 0.5) is 5.69 Å². The lowest BCUT2D eigenvalue weighted by Crippen LogP contribution is -2.41. The highest BCUT2D eigenvalue weighted by atomic mass is 35.5. The summed E-state index contributed by atoms with van der Waals surface area (Å²) in [6, 6.07) is 5.51. The summed E-state index contributed by atoms with van der Waals surface area (Å²) in [4.78, 5) is 25.4. The van der Waals surface area contributed by atoms with Gasteiger partial charge in [-0.25, -0.2) is 0 Å². The van der Waals surface area contributed by atoms with E-state index < -0.39 is 0 Å². The van der Waals surface area contributed by atoms with Gasteiger partial charge in [0.15, 0.2) is 0 Å². The number of hydrogen-bond acceptors (Lipinski definition) is 3. The second kappa shape index (κ2) is 6.34. The van der Waals surface area contributed by atoms with Crippen LogP contribution in [0.25, 0.3) is 0 Å². The van der Waals surface area contributed by atoms with Crippen LogP contribution in [-0.4, -0.2) is 37.5 Å². The number of rotatable bonds is 3. The van der Waals surface area contributed by atoms with Gasteiger partial charge in [0.05, 0.1) is 16.6 Å².